The van der Waals surface area contributed by atoms with Gasteiger partial charge in [0.15, 0.2) is 23.0 Å². The molecule has 0 fully saturated rings. The van der Waals surface area contributed by atoms with Gasteiger partial charge in [-0.25, -0.2) is 9.82 Å². The van der Waals surface area contributed by atoms with E-state index in [2.05, 4.69) is 10.5 Å². The molecular weight excluding hydrogens is 427 g/mol. The third kappa shape index (κ3) is 6.22. The maximum absolute atomic E-state index is 13.8. The van der Waals surface area contributed by atoms with Gasteiger partial charge < -0.3 is 18.9 Å². The number of carbonyl (C=O) groups is 1. The van der Waals surface area contributed by atoms with Crippen molar-refractivity contribution in [2.24, 2.45) is 5.10 Å². The van der Waals surface area contributed by atoms with Crippen molar-refractivity contribution in [2.45, 2.75) is 13.5 Å². The molecule has 0 heterocycles. The number of halogens is 1. The van der Waals surface area contributed by atoms with Crippen LogP contribution >= 0.6 is 0 Å². The lowest BCUT2D eigenvalue weighted by atomic mass is 10.2. The summed E-state index contributed by atoms with van der Waals surface area (Å²) in [6, 6.07) is 16.4. The van der Waals surface area contributed by atoms with E-state index in [1.807, 2.05) is 6.92 Å². The van der Waals surface area contributed by atoms with Crippen LogP contribution in [0, 0.1) is 5.82 Å². The summed E-state index contributed by atoms with van der Waals surface area (Å²) in [5.41, 5.74) is 3.98. The van der Waals surface area contributed by atoms with E-state index in [-0.39, 0.29) is 12.4 Å². The summed E-state index contributed by atoms with van der Waals surface area (Å²) in [5, 5.41) is 4.00. The number of rotatable bonds is 10. The summed E-state index contributed by atoms with van der Waals surface area (Å²) in [6.45, 7) is 2.36. The molecule has 0 saturated carbocycles. The number of methoxy groups -OCH3 is 2. The third-order valence-electron chi connectivity index (χ3n) is 4.63. The fraction of sp³-hybridized carbons (Fsp3) is 0.200. The van der Waals surface area contributed by atoms with Crippen molar-refractivity contribution >= 4 is 12.1 Å². The molecule has 0 aliphatic carbocycles. The minimum absolute atomic E-state index is 0.0676. The minimum atomic E-state index is -0.397. The Hall–Kier alpha value is -4.07. The van der Waals surface area contributed by atoms with Gasteiger partial charge in [-0.2, -0.15) is 5.10 Å². The van der Waals surface area contributed by atoms with Crippen LogP contribution < -0.4 is 24.4 Å². The van der Waals surface area contributed by atoms with Gasteiger partial charge in [0.2, 0.25) is 0 Å². The molecule has 1 amide bonds. The van der Waals surface area contributed by atoms with E-state index in [0.29, 0.717) is 46.3 Å². The normalized spacial score (nSPS) is 10.7. The first-order chi connectivity index (χ1) is 16.0. The maximum Gasteiger partial charge on any atom is 0.271 e. The molecule has 0 aromatic heterocycles. The Labute approximate surface area is 191 Å². The fourth-order valence-electron chi connectivity index (χ4n) is 2.97. The number of benzene rings is 3. The SMILES string of the molecule is CCOc1cc(C(=O)N/N=C/c2ccc(OCc3ccccc3F)c(OC)c2)ccc1OC. The quantitative estimate of drug-likeness (QED) is 0.360. The highest BCUT2D eigenvalue weighted by Gasteiger charge is 2.11. The lowest BCUT2D eigenvalue weighted by Crippen LogP contribution is -2.17. The number of carbonyl (C=O) groups excluding carboxylic acids is 1. The number of hydrogen-bond acceptors (Lipinski definition) is 6. The molecule has 0 aliphatic heterocycles. The third-order valence-corrected chi connectivity index (χ3v) is 4.63. The molecular formula is C25H25FN2O5. The number of hydrogen-bond donors (Lipinski definition) is 1. The summed E-state index contributed by atoms with van der Waals surface area (Å²) in [5.74, 6) is 1.21. The number of hydrazone groups is 1. The van der Waals surface area contributed by atoms with Crippen LogP contribution in [0.1, 0.15) is 28.4 Å². The van der Waals surface area contributed by atoms with Crippen LogP contribution in [-0.2, 0) is 6.61 Å². The van der Waals surface area contributed by atoms with Crippen molar-refractivity contribution in [2.75, 3.05) is 20.8 Å². The van der Waals surface area contributed by atoms with E-state index in [9.17, 15) is 9.18 Å². The Kier molecular flexibility index (Phi) is 8.24. The van der Waals surface area contributed by atoms with E-state index in [1.54, 1.807) is 54.6 Å². The maximum atomic E-state index is 13.8. The van der Waals surface area contributed by atoms with Crippen LogP contribution in [0.5, 0.6) is 23.0 Å². The van der Waals surface area contributed by atoms with Gasteiger partial charge in [0.1, 0.15) is 12.4 Å². The van der Waals surface area contributed by atoms with Gasteiger partial charge in [-0.15, -0.1) is 0 Å². The summed E-state index contributed by atoms with van der Waals surface area (Å²) in [6.07, 6.45) is 1.48. The van der Waals surface area contributed by atoms with Gasteiger partial charge in [-0.05, 0) is 55.0 Å². The zero-order valence-electron chi connectivity index (χ0n) is 18.6. The number of nitrogens with zero attached hydrogens (tertiary/aromatic N) is 1. The predicted molar refractivity (Wildman–Crippen MR) is 123 cm³/mol. The first-order valence-electron chi connectivity index (χ1n) is 10.2. The molecule has 3 aromatic rings. The van der Waals surface area contributed by atoms with Crippen molar-refractivity contribution in [1.29, 1.82) is 0 Å². The zero-order valence-corrected chi connectivity index (χ0v) is 18.6. The summed E-state index contributed by atoms with van der Waals surface area (Å²) in [7, 11) is 3.04. The van der Waals surface area contributed by atoms with E-state index in [1.165, 1.54) is 26.5 Å². The van der Waals surface area contributed by atoms with E-state index in [0.717, 1.165) is 0 Å². The van der Waals surface area contributed by atoms with Crippen LogP contribution in [0.2, 0.25) is 0 Å². The highest BCUT2D eigenvalue weighted by Crippen LogP contribution is 2.29. The summed E-state index contributed by atoms with van der Waals surface area (Å²) in [4.78, 5) is 12.4. The van der Waals surface area contributed by atoms with Crippen molar-refractivity contribution < 1.29 is 28.1 Å². The summed E-state index contributed by atoms with van der Waals surface area (Å²) >= 11 is 0. The molecule has 0 bridgehead atoms. The highest BCUT2D eigenvalue weighted by molar-refractivity contribution is 5.95. The van der Waals surface area contributed by atoms with Crippen molar-refractivity contribution in [3.63, 3.8) is 0 Å². The van der Waals surface area contributed by atoms with Crippen LogP contribution in [0.15, 0.2) is 65.8 Å². The lowest BCUT2D eigenvalue weighted by Gasteiger charge is -2.12. The monoisotopic (exact) mass is 452 g/mol. The predicted octanol–water partition coefficient (Wildman–Crippen LogP) is 4.58. The molecule has 0 aliphatic rings. The molecule has 0 atom stereocenters. The van der Waals surface area contributed by atoms with Crippen LogP contribution in [0.3, 0.4) is 0 Å². The molecule has 33 heavy (non-hydrogen) atoms. The lowest BCUT2D eigenvalue weighted by molar-refractivity contribution is 0.0954. The molecule has 0 unspecified atom stereocenters. The number of ether oxygens (including phenoxy) is 4. The molecule has 0 radical (unpaired) electrons. The minimum Gasteiger partial charge on any atom is -0.493 e. The van der Waals surface area contributed by atoms with Gasteiger partial charge in [-0.1, -0.05) is 18.2 Å². The molecule has 8 heteroatoms. The van der Waals surface area contributed by atoms with Gasteiger partial charge in [0.25, 0.3) is 5.91 Å². The molecule has 0 spiro atoms. The highest BCUT2D eigenvalue weighted by atomic mass is 19.1. The second-order valence-corrected chi connectivity index (χ2v) is 6.79. The second-order valence-electron chi connectivity index (χ2n) is 6.79. The van der Waals surface area contributed by atoms with Crippen LogP contribution in [0.4, 0.5) is 4.39 Å². The molecule has 1 N–H and O–H groups in total. The zero-order chi connectivity index (χ0) is 23.6. The van der Waals surface area contributed by atoms with Crippen molar-refractivity contribution in [3.8, 4) is 23.0 Å². The Bertz CT molecular complexity index is 1130. The largest absolute Gasteiger partial charge is 0.493 e. The molecule has 3 rings (SSSR count). The molecule has 0 saturated heterocycles. The number of amides is 1. The summed E-state index contributed by atoms with van der Waals surface area (Å²) < 4.78 is 35.6. The first-order valence-corrected chi connectivity index (χ1v) is 10.2. The Morgan fingerprint density at radius 1 is 0.939 bits per heavy atom. The fourth-order valence-corrected chi connectivity index (χ4v) is 2.97. The topological polar surface area (TPSA) is 78.4 Å². The smallest absolute Gasteiger partial charge is 0.271 e. The number of nitrogens with one attached hydrogen (secondary N) is 1. The Balaban J connectivity index is 1.64. The Morgan fingerprint density at radius 3 is 2.42 bits per heavy atom. The van der Waals surface area contributed by atoms with E-state index in [4.69, 9.17) is 18.9 Å². The van der Waals surface area contributed by atoms with Crippen molar-refractivity contribution in [3.05, 3.63) is 83.2 Å². The van der Waals surface area contributed by atoms with E-state index >= 15 is 0 Å². The van der Waals surface area contributed by atoms with Crippen LogP contribution in [-0.4, -0.2) is 32.9 Å². The average molecular weight is 452 g/mol. The molecule has 3 aromatic carbocycles. The second kappa shape index (κ2) is 11.5. The van der Waals surface area contributed by atoms with Gasteiger partial charge in [0.05, 0.1) is 27.0 Å². The van der Waals surface area contributed by atoms with Crippen molar-refractivity contribution in [1.82, 2.24) is 5.43 Å². The Morgan fingerprint density at radius 2 is 1.70 bits per heavy atom. The first kappa shape index (κ1) is 23.6. The van der Waals surface area contributed by atoms with Gasteiger partial charge in [0, 0.05) is 11.1 Å². The average Bonchev–Trinajstić information content (AvgIpc) is 2.84. The standard InChI is InChI=1S/C25H25FN2O5/c1-4-32-24-14-18(10-12-21(24)30-2)25(29)28-27-15-17-9-11-22(23(13-17)31-3)33-16-19-7-5-6-8-20(19)26/h5-15H,4,16H2,1-3H3,(H,28,29)/b27-15+. The van der Waals surface area contributed by atoms with E-state index < -0.39 is 5.91 Å². The van der Waals surface area contributed by atoms with Gasteiger partial charge in [-0.3, -0.25) is 4.79 Å². The van der Waals surface area contributed by atoms with Gasteiger partial charge >= 0.3 is 0 Å². The molecule has 7 nitrogen and oxygen atoms in total. The van der Waals surface area contributed by atoms with Crippen LogP contribution in [0.25, 0.3) is 0 Å². The molecule has 172 valence electrons.